The molecule has 0 amide bonds. The first kappa shape index (κ1) is 12.1. The van der Waals surface area contributed by atoms with Crippen molar-refractivity contribution in [2.75, 3.05) is 5.43 Å². The number of hydrazone groups is 1. The van der Waals surface area contributed by atoms with Crippen molar-refractivity contribution < 1.29 is 4.79 Å². The van der Waals surface area contributed by atoms with Crippen LogP contribution in [0.4, 0.5) is 5.69 Å². The van der Waals surface area contributed by atoms with Crippen LogP contribution in [0.25, 0.3) is 0 Å². The average Bonchev–Trinajstić information content (AvgIpc) is 2.32. The van der Waals surface area contributed by atoms with Gasteiger partial charge in [0.1, 0.15) is 5.71 Å². The monoisotopic (exact) mass is 250 g/mol. The molecule has 0 bridgehead atoms. The second-order valence-corrected chi connectivity index (χ2v) is 4.67. The van der Waals surface area contributed by atoms with E-state index in [1.807, 2.05) is 25.1 Å². The molecule has 0 spiro atoms. The van der Waals surface area contributed by atoms with E-state index in [0.29, 0.717) is 17.2 Å². The molecule has 90 valence electrons. The van der Waals surface area contributed by atoms with Gasteiger partial charge in [-0.25, -0.2) is 0 Å². The number of Topliss-reactive ketones (excluding diaryl/α,β-unsaturated/α-hetero) is 1. The highest BCUT2D eigenvalue weighted by molar-refractivity contribution is 6.40. The highest BCUT2D eigenvalue weighted by atomic mass is 35.5. The van der Waals surface area contributed by atoms with Crippen LogP contribution in [0.15, 0.2) is 23.3 Å². The van der Waals surface area contributed by atoms with Gasteiger partial charge in [-0.3, -0.25) is 10.2 Å². The van der Waals surface area contributed by atoms with Crippen LogP contribution in [0.2, 0.25) is 5.02 Å². The molecule has 0 aliphatic heterocycles. The zero-order chi connectivity index (χ0) is 12.3. The molecule has 0 unspecified atom stereocenters. The van der Waals surface area contributed by atoms with Crippen molar-refractivity contribution in [1.82, 2.24) is 0 Å². The molecule has 1 fully saturated rings. The van der Waals surface area contributed by atoms with Crippen molar-refractivity contribution >= 4 is 28.8 Å². The zero-order valence-corrected chi connectivity index (χ0v) is 10.5. The highest BCUT2D eigenvalue weighted by Gasteiger charge is 2.16. The highest BCUT2D eigenvalue weighted by Crippen LogP contribution is 2.20. The molecule has 1 N–H and O–H groups in total. The maximum absolute atomic E-state index is 11.5. The van der Waals surface area contributed by atoms with Gasteiger partial charge in [0.25, 0.3) is 0 Å². The van der Waals surface area contributed by atoms with Crippen molar-refractivity contribution in [2.24, 2.45) is 5.10 Å². The first-order valence-electron chi connectivity index (χ1n) is 5.79. The molecule has 0 saturated heterocycles. The van der Waals surface area contributed by atoms with Crippen molar-refractivity contribution in [3.63, 3.8) is 0 Å². The van der Waals surface area contributed by atoms with E-state index in [9.17, 15) is 4.79 Å². The summed E-state index contributed by atoms with van der Waals surface area (Å²) in [5, 5.41) is 4.86. The number of ketones is 1. The van der Waals surface area contributed by atoms with E-state index in [0.717, 1.165) is 30.5 Å². The Bertz CT molecular complexity index is 468. The first-order chi connectivity index (χ1) is 8.16. The molecule has 1 aromatic carbocycles. The molecule has 2 rings (SSSR count). The number of benzene rings is 1. The Labute approximate surface area is 106 Å². The van der Waals surface area contributed by atoms with Gasteiger partial charge in [-0.05, 0) is 43.9 Å². The largest absolute Gasteiger partial charge is 0.293 e. The maximum atomic E-state index is 11.5. The van der Waals surface area contributed by atoms with Gasteiger partial charge in [0.2, 0.25) is 0 Å². The van der Waals surface area contributed by atoms with Gasteiger partial charge in [-0.1, -0.05) is 17.7 Å². The molecule has 1 saturated carbocycles. The smallest absolute Gasteiger partial charge is 0.178 e. The topological polar surface area (TPSA) is 41.5 Å². The molecule has 0 heterocycles. The first-order valence-corrected chi connectivity index (χ1v) is 6.16. The third kappa shape index (κ3) is 3.07. The third-order valence-corrected chi connectivity index (χ3v) is 3.29. The predicted molar refractivity (Wildman–Crippen MR) is 70.7 cm³/mol. The van der Waals surface area contributed by atoms with E-state index >= 15 is 0 Å². The lowest BCUT2D eigenvalue weighted by Gasteiger charge is -2.11. The Balaban J connectivity index is 2.08. The lowest BCUT2D eigenvalue weighted by molar-refractivity contribution is -0.113. The molecule has 17 heavy (non-hydrogen) atoms. The fourth-order valence-corrected chi connectivity index (χ4v) is 1.95. The SMILES string of the molecule is Cc1ccc(N/N=C2\CCCCC2=O)cc1Cl. The van der Waals surface area contributed by atoms with Crippen molar-refractivity contribution in [1.29, 1.82) is 0 Å². The second kappa shape index (κ2) is 5.32. The fraction of sp³-hybridized carbons (Fsp3) is 0.385. The number of carbonyl (C=O) groups is 1. The molecule has 1 aromatic rings. The summed E-state index contributed by atoms with van der Waals surface area (Å²) >= 11 is 6.01. The lowest BCUT2D eigenvalue weighted by atomic mass is 9.97. The fourth-order valence-electron chi connectivity index (χ4n) is 1.77. The van der Waals surface area contributed by atoms with Crippen LogP contribution in [-0.4, -0.2) is 11.5 Å². The van der Waals surface area contributed by atoms with E-state index in [1.165, 1.54) is 0 Å². The Morgan fingerprint density at radius 2 is 2.06 bits per heavy atom. The van der Waals surface area contributed by atoms with Crippen LogP contribution in [0, 0.1) is 6.92 Å². The average molecular weight is 251 g/mol. The molecule has 1 aliphatic rings. The van der Waals surface area contributed by atoms with Gasteiger partial charge in [0.05, 0.1) is 5.69 Å². The number of nitrogens with one attached hydrogen (secondary N) is 1. The molecule has 3 nitrogen and oxygen atoms in total. The van der Waals surface area contributed by atoms with E-state index in [1.54, 1.807) is 0 Å². The Hall–Kier alpha value is -1.35. The van der Waals surface area contributed by atoms with Crippen LogP contribution in [0.3, 0.4) is 0 Å². The summed E-state index contributed by atoms with van der Waals surface area (Å²) in [6.07, 6.45) is 3.41. The molecular weight excluding hydrogens is 236 g/mol. The number of hydrogen-bond acceptors (Lipinski definition) is 3. The van der Waals surface area contributed by atoms with Crippen molar-refractivity contribution in [3.8, 4) is 0 Å². The number of hydrogen-bond donors (Lipinski definition) is 1. The van der Waals surface area contributed by atoms with E-state index < -0.39 is 0 Å². The summed E-state index contributed by atoms with van der Waals surface area (Å²) in [4.78, 5) is 11.5. The number of halogens is 1. The molecular formula is C13H15ClN2O. The van der Waals surface area contributed by atoms with Gasteiger partial charge in [-0.15, -0.1) is 0 Å². The molecule has 1 aliphatic carbocycles. The predicted octanol–water partition coefficient (Wildman–Crippen LogP) is 3.56. The molecule has 0 atom stereocenters. The van der Waals surface area contributed by atoms with E-state index in [2.05, 4.69) is 10.5 Å². The summed E-state index contributed by atoms with van der Waals surface area (Å²) in [7, 11) is 0. The van der Waals surface area contributed by atoms with Gasteiger partial charge >= 0.3 is 0 Å². The minimum Gasteiger partial charge on any atom is -0.293 e. The minimum atomic E-state index is 0.155. The van der Waals surface area contributed by atoms with Gasteiger partial charge in [-0.2, -0.15) is 5.10 Å². The quantitative estimate of drug-likeness (QED) is 0.816. The van der Waals surface area contributed by atoms with E-state index in [-0.39, 0.29) is 5.78 Å². The number of nitrogens with zero attached hydrogens (tertiary/aromatic N) is 1. The third-order valence-electron chi connectivity index (χ3n) is 2.88. The van der Waals surface area contributed by atoms with Crippen LogP contribution in [0.5, 0.6) is 0 Å². The minimum absolute atomic E-state index is 0.155. The molecule has 4 heteroatoms. The standard InChI is InChI=1S/C13H15ClN2O/c1-9-6-7-10(8-11(9)14)15-16-12-4-2-3-5-13(12)17/h6-8,15H,2-5H2,1H3/b16-12+. The number of anilines is 1. The van der Waals surface area contributed by atoms with Crippen molar-refractivity contribution in [3.05, 3.63) is 28.8 Å². The van der Waals surface area contributed by atoms with Crippen LogP contribution in [0.1, 0.15) is 31.2 Å². The number of rotatable bonds is 2. The second-order valence-electron chi connectivity index (χ2n) is 4.26. The van der Waals surface area contributed by atoms with Crippen LogP contribution in [-0.2, 0) is 4.79 Å². The van der Waals surface area contributed by atoms with Crippen LogP contribution < -0.4 is 5.43 Å². The Morgan fingerprint density at radius 1 is 1.29 bits per heavy atom. The normalized spacial score (nSPS) is 18.5. The zero-order valence-electron chi connectivity index (χ0n) is 9.79. The van der Waals surface area contributed by atoms with Gasteiger partial charge in [0.15, 0.2) is 5.78 Å². The van der Waals surface area contributed by atoms with Crippen LogP contribution >= 0.6 is 11.6 Å². The maximum Gasteiger partial charge on any atom is 0.178 e. The van der Waals surface area contributed by atoms with Gasteiger partial charge in [0, 0.05) is 11.4 Å². The molecule has 0 radical (unpaired) electrons. The van der Waals surface area contributed by atoms with Crippen molar-refractivity contribution in [2.45, 2.75) is 32.6 Å². The Kier molecular flexibility index (Phi) is 3.79. The van der Waals surface area contributed by atoms with E-state index in [4.69, 9.17) is 11.6 Å². The summed E-state index contributed by atoms with van der Waals surface area (Å²) in [5.74, 6) is 0.155. The summed E-state index contributed by atoms with van der Waals surface area (Å²) < 4.78 is 0. The number of carbonyl (C=O) groups excluding carboxylic acids is 1. The summed E-state index contributed by atoms with van der Waals surface area (Å²) in [6.45, 7) is 1.95. The van der Waals surface area contributed by atoms with Gasteiger partial charge < -0.3 is 0 Å². The summed E-state index contributed by atoms with van der Waals surface area (Å²) in [6, 6.07) is 5.64. The number of aryl methyl sites for hydroxylation is 1. The Morgan fingerprint density at radius 3 is 2.76 bits per heavy atom. The summed E-state index contributed by atoms with van der Waals surface area (Å²) in [5.41, 5.74) is 5.38. The lowest BCUT2D eigenvalue weighted by Crippen LogP contribution is -2.19. The molecule has 0 aromatic heterocycles.